The monoisotopic (exact) mass is 411 g/mol. The molecule has 1 atom stereocenters. The molecule has 7 heteroatoms. The van der Waals surface area contributed by atoms with E-state index in [1.165, 1.54) is 4.88 Å². The second-order valence-corrected chi connectivity index (χ2v) is 7.88. The van der Waals surface area contributed by atoms with Gasteiger partial charge in [0.2, 0.25) is 0 Å². The molecule has 2 N–H and O–H groups in total. The molecule has 0 saturated carbocycles. The minimum Gasteiger partial charge on any atom is -0.462 e. The highest BCUT2D eigenvalue weighted by molar-refractivity contribution is 9.11. The number of hydrogen-bond acceptors (Lipinski definition) is 4. The molecule has 1 heterocycles. The number of esters is 1. The predicted molar refractivity (Wildman–Crippen MR) is 98.5 cm³/mol. The molecular formula is C17H20BrN2O3S+. The number of quaternary nitrogens is 1. The van der Waals surface area contributed by atoms with Crippen molar-refractivity contribution in [3.8, 4) is 0 Å². The maximum atomic E-state index is 12.3. The van der Waals surface area contributed by atoms with Crippen LogP contribution in [-0.2, 0) is 16.1 Å². The Bertz CT molecular complexity index is 717. The molecule has 5 nitrogen and oxygen atoms in total. The quantitative estimate of drug-likeness (QED) is 0.687. The van der Waals surface area contributed by atoms with Gasteiger partial charge in [-0.3, -0.25) is 4.79 Å². The Morgan fingerprint density at radius 2 is 2.00 bits per heavy atom. The number of carbonyl (C=O) groups is 2. The third-order valence-electron chi connectivity index (χ3n) is 3.26. The number of anilines is 1. The van der Waals surface area contributed by atoms with Crippen LogP contribution in [0.15, 0.2) is 40.2 Å². The molecule has 0 spiro atoms. The van der Waals surface area contributed by atoms with Gasteiger partial charge in [-0.25, -0.2) is 4.79 Å². The van der Waals surface area contributed by atoms with E-state index in [2.05, 4.69) is 21.2 Å². The number of likely N-dealkylation sites (N-methyl/N-ethyl adjacent to an activating group) is 1. The van der Waals surface area contributed by atoms with Crippen LogP contribution < -0.4 is 10.2 Å². The molecule has 1 amide bonds. The Labute approximate surface area is 153 Å². The van der Waals surface area contributed by atoms with Crippen LogP contribution in [0.3, 0.4) is 0 Å². The summed E-state index contributed by atoms with van der Waals surface area (Å²) in [6, 6.07) is 10.9. The minimum atomic E-state index is -0.433. The summed E-state index contributed by atoms with van der Waals surface area (Å²) >= 11 is 5.10. The van der Waals surface area contributed by atoms with Crippen molar-refractivity contribution in [1.82, 2.24) is 0 Å². The lowest BCUT2D eigenvalue weighted by Crippen LogP contribution is -3.08. The lowest BCUT2D eigenvalue weighted by molar-refractivity contribution is -0.884. The summed E-state index contributed by atoms with van der Waals surface area (Å²) < 4.78 is 6.10. The van der Waals surface area contributed by atoms with Crippen molar-refractivity contribution in [2.24, 2.45) is 0 Å². The van der Waals surface area contributed by atoms with Crippen molar-refractivity contribution in [2.45, 2.75) is 13.5 Å². The normalized spacial score (nSPS) is 11.8. The van der Waals surface area contributed by atoms with Gasteiger partial charge in [0.05, 0.1) is 33.6 Å². The van der Waals surface area contributed by atoms with Gasteiger partial charge in [-0.05, 0) is 47.1 Å². The SMILES string of the molecule is CCOC(=O)c1ccccc1NC(=O)C[NH+](C)Cc1ccc(Br)s1. The fraction of sp³-hybridized carbons (Fsp3) is 0.294. The predicted octanol–water partition coefficient (Wildman–Crippen LogP) is 2.34. The number of benzene rings is 1. The third-order valence-corrected chi connectivity index (χ3v) is 4.89. The number of amides is 1. The molecule has 0 saturated heterocycles. The molecule has 2 rings (SSSR count). The van der Waals surface area contributed by atoms with Gasteiger partial charge in [0, 0.05) is 0 Å². The van der Waals surface area contributed by atoms with Gasteiger partial charge >= 0.3 is 5.97 Å². The van der Waals surface area contributed by atoms with Crippen molar-refractivity contribution < 1.29 is 19.2 Å². The van der Waals surface area contributed by atoms with Crippen LogP contribution >= 0.6 is 27.3 Å². The largest absolute Gasteiger partial charge is 0.462 e. The van der Waals surface area contributed by atoms with Crippen LogP contribution in [0, 0.1) is 0 Å². The van der Waals surface area contributed by atoms with E-state index in [1.807, 2.05) is 19.2 Å². The van der Waals surface area contributed by atoms with Gasteiger partial charge in [0.25, 0.3) is 5.91 Å². The van der Waals surface area contributed by atoms with Crippen molar-refractivity contribution in [3.05, 3.63) is 50.6 Å². The summed E-state index contributed by atoms with van der Waals surface area (Å²) in [6.45, 7) is 3.13. The highest BCUT2D eigenvalue weighted by Gasteiger charge is 2.16. The van der Waals surface area contributed by atoms with E-state index in [9.17, 15) is 9.59 Å². The topological polar surface area (TPSA) is 59.8 Å². The van der Waals surface area contributed by atoms with Gasteiger partial charge in [-0.15, -0.1) is 11.3 Å². The van der Waals surface area contributed by atoms with Crippen molar-refractivity contribution in [2.75, 3.05) is 25.5 Å². The Hall–Kier alpha value is -1.70. The summed E-state index contributed by atoms with van der Waals surface area (Å²) in [6.07, 6.45) is 0. The molecule has 1 aromatic heterocycles. The van der Waals surface area contributed by atoms with E-state index < -0.39 is 5.97 Å². The van der Waals surface area contributed by atoms with E-state index in [4.69, 9.17) is 4.74 Å². The van der Waals surface area contributed by atoms with Gasteiger partial charge in [0.1, 0.15) is 6.54 Å². The number of rotatable bonds is 7. The van der Waals surface area contributed by atoms with E-state index in [1.54, 1.807) is 42.5 Å². The van der Waals surface area contributed by atoms with Crippen LogP contribution in [0.5, 0.6) is 0 Å². The maximum Gasteiger partial charge on any atom is 0.340 e. The summed E-state index contributed by atoms with van der Waals surface area (Å²) in [5.41, 5.74) is 0.847. The van der Waals surface area contributed by atoms with Gasteiger partial charge in [0.15, 0.2) is 6.54 Å². The number of carbonyl (C=O) groups excluding carboxylic acids is 2. The van der Waals surface area contributed by atoms with Gasteiger partial charge < -0.3 is 15.0 Å². The van der Waals surface area contributed by atoms with E-state index >= 15 is 0 Å². The molecule has 1 aromatic carbocycles. The second kappa shape index (κ2) is 8.96. The lowest BCUT2D eigenvalue weighted by atomic mass is 10.2. The Kier molecular flexibility index (Phi) is 6.96. The fourth-order valence-electron chi connectivity index (χ4n) is 2.25. The number of para-hydroxylation sites is 1. The lowest BCUT2D eigenvalue weighted by Gasteiger charge is -2.14. The molecular weight excluding hydrogens is 392 g/mol. The van der Waals surface area contributed by atoms with Crippen LogP contribution in [0.1, 0.15) is 22.2 Å². The van der Waals surface area contributed by atoms with Gasteiger partial charge in [-0.2, -0.15) is 0 Å². The summed E-state index contributed by atoms with van der Waals surface area (Å²) in [5, 5.41) is 2.81. The minimum absolute atomic E-state index is 0.139. The highest BCUT2D eigenvalue weighted by Crippen LogP contribution is 2.21. The Morgan fingerprint density at radius 1 is 1.25 bits per heavy atom. The first-order chi connectivity index (χ1) is 11.5. The molecule has 0 bridgehead atoms. The molecule has 128 valence electrons. The number of halogens is 1. The average molecular weight is 412 g/mol. The number of nitrogens with one attached hydrogen (secondary N) is 2. The first-order valence-electron chi connectivity index (χ1n) is 7.61. The average Bonchev–Trinajstić information content (AvgIpc) is 2.92. The molecule has 1 unspecified atom stereocenters. The van der Waals surface area contributed by atoms with Crippen LogP contribution in [-0.4, -0.2) is 32.1 Å². The maximum absolute atomic E-state index is 12.3. The van der Waals surface area contributed by atoms with E-state index in [-0.39, 0.29) is 5.91 Å². The fourth-order valence-corrected chi connectivity index (χ4v) is 3.85. The van der Waals surface area contributed by atoms with Crippen LogP contribution in [0.25, 0.3) is 0 Å². The zero-order chi connectivity index (χ0) is 17.5. The standard InChI is InChI=1S/C17H19BrN2O3S/c1-3-23-17(22)13-6-4-5-7-14(13)19-16(21)11-20(2)10-12-8-9-15(18)24-12/h4-9H,3,10-11H2,1-2H3,(H,19,21)/p+1. The number of ether oxygens (including phenoxy) is 1. The molecule has 0 radical (unpaired) electrons. The smallest absolute Gasteiger partial charge is 0.340 e. The van der Waals surface area contributed by atoms with E-state index in [0.717, 1.165) is 15.2 Å². The first kappa shape index (κ1) is 18.6. The van der Waals surface area contributed by atoms with E-state index in [0.29, 0.717) is 24.4 Å². The summed E-state index contributed by atoms with van der Waals surface area (Å²) in [4.78, 5) is 26.5. The summed E-state index contributed by atoms with van der Waals surface area (Å²) in [7, 11) is 1.96. The van der Waals surface area contributed by atoms with Crippen LogP contribution in [0.4, 0.5) is 5.69 Å². The second-order valence-electron chi connectivity index (χ2n) is 5.33. The molecule has 24 heavy (non-hydrogen) atoms. The Balaban J connectivity index is 1.95. The summed E-state index contributed by atoms with van der Waals surface area (Å²) in [5.74, 6) is -0.572. The molecule has 2 aromatic rings. The van der Waals surface area contributed by atoms with Crippen molar-refractivity contribution in [1.29, 1.82) is 0 Å². The zero-order valence-corrected chi connectivity index (χ0v) is 16.0. The van der Waals surface area contributed by atoms with Crippen LogP contribution in [0.2, 0.25) is 0 Å². The number of thiophene rings is 1. The van der Waals surface area contributed by atoms with Crippen molar-refractivity contribution in [3.63, 3.8) is 0 Å². The van der Waals surface area contributed by atoms with Crippen molar-refractivity contribution >= 4 is 44.8 Å². The first-order valence-corrected chi connectivity index (χ1v) is 9.22. The third kappa shape index (κ3) is 5.43. The zero-order valence-electron chi connectivity index (χ0n) is 13.6. The molecule has 0 aliphatic carbocycles. The molecule has 0 aliphatic heterocycles. The highest BCUT2D eigenvalue weighted by atomic mass is 79.9. The molecule has 0 fully saturated rings. The van der Waals surface area contributed by atoms with Gasteiger partial charge in [-0.1, -0.05) is 12.1 Å². The number of hydrogen-bond donors (Lipinski definition) is 2. The molecule has 0 aliphatic rings. The Morgan fingerprint density at radius 3 is 2.67 bits per heavy atom.